The number of aromatic nitrogens is 1. The van der Waals surface area contributed by atoms with E-state index in [1.807, 2.05) is 6.92 Å². The van der Waals surface area contributed by atoms with Crippen LogP contribution in [0, 0.1) is 0 Å². The third-order valence-corrected chi connectivity index (χ3v) is 2.86. The fourth-order valence-corrected chi connectivity index (χ4v) is 1.84. The fraction of sp³-hybridized carbons (Fsp3) is 0.188. The standard InChI is InChI=1S/C16H17N3O4/c1-3-23-15-13(8-5-9-17-15)19-14(20)11-6-4-7-12(10-11)18-16(21)22-2/h4-10H,3H2,1-2H3,(H,18,21)(H,19,20). The zero-order valence-corrected chi connectivity index (χ0v) is 12.8. The van der Waals surface area contributed by atoms with E-state index in [-0.39, 0.29) is 5.91 Å². The first-order valence-corrected chi connectivity index (χ1v) is 6.98. The summed E-state index contributed by atoms with van der Waals surface area (Å²) in [5, 5.41) is 5.24. The van der Waals surface area contributed by atoms with Crippen molar-refractivity contribution >= 4 is 23.4 Å². The molecule has 1 heterocycles. The molecule has 1 aromatic heterocycles. The highest BCUT2D eigenvalue weighted by Crippen LogP contribution is 2.21. The zero-order chi connectivity index (χ0) is 16.7. The van der Waals surface area contributed by atoms with Gasteiger partial charge in [0, 0.05) is 17.4 Å². The molecular weight excluding hydrogens is 298 g/mol. The number of methoxy groups -OCH3 is 1. The second-order valence-corrected chi connectivity index (χ2v) is 4.44. The SMILES string of the molecule is CCOc1ncccc1NC(=O)c1cccc(NC(=O)OC)c1. The molecule has 0 fully saturated rings. The Kier molecular flexibility index (Phi) is 5.51. The molecule has 0 atom stereocenters. The van der Waals surface area contributed by atoms with Gasteiger partial charge in [0.2, 0.25) is 5.88 Å². The third-order valence-electron chi connectivity index (χ3n) is 2.86. The summed E-state index contributed by atoms with van der Waals surface area (Å²) in [6, 6.07) is 9.90. The van der Waals surface area contributed by atoms with Gasteiger partial charge in [-0.25, -0.2) is 9.78 Å². The maximum atomic E-state index is 12.3. The van der Waals surface area contributed by atoms with E-state index in [2.05, 4.69) is 20.4 Å². The van der Waals surface area contributed by atoms with Crippen LogP contribution in [0.3, 0.4) is 0 Å². The number of nitrogens with zero attached hydrogens (tertiary/aromatic N) is 1. The van der Waals surface area contributed by atoms with Gasteiger partial charge in [0.1, 0.15) is 5.69 Å². The molecule has 2 aromatic rings. The number of amides is 2. The van der Waals surface area contributed by atoms with Crippen LogP contribution < -0.4 is 15.4 Å². The summed E-state index contributed by atoms with van der Waals surface area (Å²) in [5.41, 5.74) is 1.32. The lowest BCUT2D eigenvalue weighted by Crippen LogP contribution is -2.15. The first-order chi connectivity index (χ1) is 11.1. The van der Waals surface area contributed by atoms with Crippen molar-refractivity contribution in [2.75, 3.05) is 24.4 Å². The molecule has 23 heavy (non-hydrogen) atoms. The van der Waals surface area contributed by atoms with Crippen LogP contribution in [0.1, 0.15) is 17.3 Å². The first kappa shape index (κ1) is 16.3. The van der Waals surface area contributed by atoms with E-state index >= 15 is 0 Å². The minimum Gasteiger partial charge on any atom is -0.476 e. The van der Waals surface area contributed by atoms with Crippen molar-refractivity contribution in [3.63, 3.8) is 0 Å². The molecule has 120 valence electrons. The topological polar surface area (TPSA) is 89.5 Å². The number of pyridine rings is 1. The van der Waals surface area contributed by atoms with Crippen LogP contribution in [0.2, 0.25) is 0 Å². The molecule has 0 radical (unpaired) electrons. The Bertz CT molecular complexity index is 703. The molecule has 7 heteroatoms. The Hall–Kier alpha value is -3.09. The van der Waals surface area contributed by atoms with Crippen molar-refractivity contribution in [1.82, 2.24) is 4.98 Å². The van der Waals surface area contributed by atoms with Gasteiger partial charge in [-0.05, 0) is 37.3 Å². The molecular formula is C16H17N3O4. The normalized spacial score (nSPS) is 9.83. The molecule has 0 aliphatic heterocycles. The number of ether oxygens (including phenoxy) is 2. The Morgan fingerprint density at radius 1 is 1.17 bits per heavy atom. The quantitative estimate of drug-likeness (QED) is 0.885. The molecule has 0 unspecified atom stereocenters. The van der Waals surface area contributed by atoms with Crippen molar-refractivity contribution in [2.24, 2.45) is 0 Å². The summed E-state index contributed by atoms with van der Waals surface area (Å²) in [6.45, 7) is 2.28. The van der Waals surface area contributed by atoms with E-state index in [9.17, 15) is 9.59 Å². The Balaban J connectivity index is 2.15. The van der Waals surface area contributed by atoms with Gasteiger partial charge in [0.15, 0.2) is 0 Å². The van der Waals surface area contributed by atoms with Crippen molar-refractivity contribution in [3.05, 3.63) is 48.2 Å². The Morgan fingerprint density at radius 3 is 2.74 bits per heavy atom. The molecule has 2 amide bonds. The van der Waals surface area contributed by atoms with Crippen LogP contribution in [0.4, 0.5) is 16.2 Å². The molecule has 0 aliphatic rings. The summed E-state index contributed by atoms with van der Waals surface area (Å²) in [7, 11) is 1.27. The molecule has 7 nitrogen and oxygen atoms in total. The number of hydrogen-bond donors (Lipinski definition) is 2. The summed E-state index contributed by atoms with van der Waals surface area (Å²) >= 11 is 0. The van der Waals surface area contributed by atoms with Crippen molar-refractivity contribution in [3.8, 4) is 5.88 Å². The van der Waals surface area contributed by atoms with Gasteiger partial charge in [-0.3, -0.25) is 10.1 Å². The van der Waals surface area contributed by atoms with E-state index < -0.39 is 6.09 Å². The first-order valence-electron chi connectivity index (χ1n) is 6.98. The summed E-state index contributed by atoms with van der Waals surface area (Å²) in [4.78, 5) is 27.6. The van der Waals surface area contributed by atoms with Crippen LogP contribution in [0.5, 0.6) is 5.88 Å². The van der Waals surface area contributed by atoms with Gasteiger partial charge in [-0.2, -0.15) is 0 Å². The minimum atomic E-state index is -0.603. The van der Waals surface area contributed by atoms with Crippen LogP contribution >= 0.6 is 0 Å². The van der Waals surface area contributed by atoms with Crippen molar-refractivity contribution < 1.29 is 19.1 Å². The molecule has 1 aromatic carbocycles. The fourth-order valence-electron chi connectivity index (χ4n) is 1.84. The minimum absolute atomic E-state index is 0.340. The van der Waals surface area contributed by atoms with Gasteiger partial charge in [0.25, 0.3) is 5.91 Å². The number of carbonyl (C=O) groups is 2. The Labute approximate surface area is 133 Å². The average Bonchev–Trinajstić information content (AvgIpc) is 2.57. The van der Waals surface area contributed by atoms with E-state index in [1.165, 1.54) is 7.11 Å². The lowest BCUT2D eigenvalue weighted by Gasteiger charge is -2.10. The summed E-state index contributed by atoms with van der Waals surface area (Å²) in [5.74, 6) is 0.0136. The summed E-state index contributed by atoms with van der Waals surface area (Å²) < 4.78 is 9.88. The van der Waals surface area contributed by atoms with Crippen LogP contribution in [-0.2, 0) is 4.74 Å². The van der Waals surface area contributed by atoms with Gasteiger partial charge >= 0.3 is 6.09 Å². The molecule has 0 saturated heterocycles. The van der Waals surface area contributed by atoms with E-state index in [4.69, 9.17) is 4.74 Å². The molecule has 0 bridgehead atoms. The monoisotopic (exact) mass is 315 g/mol. The number of rotatable bonds is 5. The van der Waals surface area contributed by atoms with Gasteiger partial charge in [0.05, 0.1) is 13.7 Å². The van der Waals surface area contributed by atoms with Crippen LogP contribution in [-0.4, -0.2) is 30.7 Å². The van der Waals surface area contributed by atoms with E-state index in [0.29, 0.717) is 29.4 Å². The number of anilines is 2. The molecule has 2 N–H and O–H groups in total. The number of carbonyl (C=O) groups excluding carboxylic acids is 2. The van der Waals surface area contributed by atoms with Gasteiger partial charge in [-0.1, -0.05) is 6.07 Å². The van der Waals surface area contributed by atoms with Gasteiger partial charge in [-0.15, -0.1) is 0 Å². The predicted octanol–water partition coefficient (Wildman–Crippen LogP) is 2.91. The lowest BCUT2D eigenvalue weighted by molar-refractivity contribution is 0.102. The molecule has 2 rings (SSSR count). The van der Waals surface area contributed by atoms with Crippen molar-refractivity contribution in [2.45, 2.75) is 6.92 Å². The average molecular weight is 315 g/mol. The number of nitrogens with one attached hydrogen (secondary N) is 2. The Morgan fingerprint density at radius 2 is 2.00 bits per heavy atom. The second-order valence-electron chi connectivity index (χ2n) is 4.44. The smallest absolute Gasteiger partial charge is 0.411 e. The number of benzene rings is 1. The maximum Gasteiger partial charge on any atom is 0.411 e. The zero-order valence-electron chi connectivity index (χ0n) is 12.8. The van der Waals surface area contributed by atoms with E-state index in [1.54, 1.807) is 42.6 Å². The highest BCUT2D eigenvalue weighted by Gasteiger charge is 2.11. The highest BCUT2D eigenvalue weighted by atomic mass is 16.5. The largest absolute Gasteiger partial charge is 0.476 e. The lowest BCUT2D eigenvalue weighted by atomic mass is 10.2. The summed E-state index contributed by atoms with van der Waals surface area (Å²) in [6.07, 6.45) is 0.982. The van der Waals surface area contributed by atoms with Crippen LogP contribution in [0.25, 0.3) is 0 Å². The molecule has 0 saturated carbocycles. The van der Waals surface area contributed by atoms with Crippen LogP contribution in [0.15, 0.2) is 42.6 Å². The third kappa shape index (κ3) is 4.44. The number of hydrogen-bond acceptors (Lipinski definition) is 5. The van der Waals surface area contributed by atoms with Crippen molar-refractivity contribution in [1.29, 1.82) is 0 Å². The van der Waals surface area contributed by atoms with Gasteiger partial charge < -0.3 is 14.8 Å². The highest BCUT2D eigenvalue weighted by molar-refractivity contribution is 6.05. The maximum absolute atomic E-state index is 12.3. The second kappa shape index (κ2) is 7.79. The molecule has 0 aliphatic carbocycles. The van der Waals surface area contributed by atoms with E-state index in [0.717, 1.165) is 0 Å². The molecule has 0 spiro atoms. The predicted molar refractivity (Wildman–Crippen MR) is 85.8 cm³/mol.